The summed E-state index contributed by atoms with van der Waals surface area (Å²) in [5, 5.41) is 12.8. The minimum atomic E-state index is -0.377. The summed E-state index contributed by atoms with van der Waals surface area (Å²) in [5.41, 5.74) is -0.120. The molecule has 0 fully saturated rings. The van der Waals surface area contributed by atoms with E-state index < -0.39 is 0 Å². The molecule has 0 atom stereocenters. The van der Waals surface area contributed by atoms with E-state index in [0.717, 1.165) is 0 Å². The average molecular weight is 333 g/mol. The van der Waals surface area contributed by atoms with E-state index in [-0.39, 0.29) is 52.2 Å². The molecule has 7 heteroatoms. The molecule has 0 aliphatic heterocycles. The van der Waals surface area contributed by atoms with Gasteiger partial charge in [0.1, 0.15) is 11.3 Å². The smallest absolute Gasteiger partial charge is 0.220 e. The second-order valence-electron chi connectivity index (χ2n) is 5.26. The van der Waals surface area contributed by atoms with Crippen LogP contribution in [0.2, 0.25) is 0 Å². The molecule has 0 radical (unpaired) electrons. The van der Waals surface area contributed by atoms with Gasteiger partial charge >= 0.3 is 0 Å². The van der Waals surface area contributed by atoms with Gasteiger partial charge < -0.3 is 19.6 Å². The quantitative estimate of drug-likeness (QED) is 0.779. The predicted molar refractivity (Wildman–Crippen MR) is 87.8 cm³/mol. The maximum absolute atomic E-state index is 12.7. The molecule has 0 unspecified atom stereocenters. The monoisotopic (exact) mass is 333 g/mol. The molecular weight excluding hydrogens is 314 g/mol. The van der Waals surface area contributed by atoms with Gasteiger partial charge in [-0.3, -0.25) is 14.4 Å². The number of aromatic hydroxyl groups is 1. The van der Waals surface area contributed by atoms with Gasteiger partial charge in [0.2, 0.25) is 5.91 Å². The Hall–Kier alpha value is -2.83. The maximum atomic E-state index is 12.7. The van der Waals surface area contributed by atoms with Gasteiger partial charge in [-0.05, 0) is 26.3 Å². The van der Waals surface area contributed by atoms with E-state index in [1.807, 2.05) is 6.92 Å². The molecule has 1 aromatic heterocycles. The summed E-state index contributed by atoms with van der Waals surface area (Å²) in [4.78, 5) is 35.6. The fraction of sp³-hybridized carbons (Fsp3) is 0.353. The number of fused-ring (bicyclic) bond motifs is 1. The van der Waals surface area contributed by atoms with Gasteiger partial charge in [-0.1, -0.05) is 0 Å². The molecule has 0 spiro atoms. The summed E-state index contributed by atoms with van der Waals surface area (Å²) in [7, 11) is 1.32. The molecule has 0 aliphatic rings. The molecule has 0 saturated carbocycles. The highest BCUT2D eigenvalue weighted by molar-refractivity contribution is 5.99. The number of nitrogens with one attached hydrogen (secondary N) is 1. The van der Waals surface area contributed by atoms with Crippen LogP contribution < -0.4 is 15.5 Å². The maximum Gasteiger partial charge on any atom is 0.220 e. The number of hydrogen-bond acceptors (Lipinski definition) is 6. The van der Waals surface area contributed by atoms with E-state index in [1.165, 1.54) is 13.2 Å². The lowest BCUT2D eigenvalue weighted by Gasteiger charge is -2.11. The lowest BCUT2D eigenvalue weighted by Crippen LogP contribution is -2.24. The first-order chi connectivity index (χ1) is 11.4. The van der Waals surface area contributed by atoms with Crippen molar-refractivity contribution in [2.24, 2.45) is 0 Å². The molecule has 0 aliphatic carbocycles. The molecule has 24 heavy (non-hydrogen) atoms. The summed E-state index contributed by atoms with van der Waals surface area (Å²) in [6.45, 7) is 3.92. The Balaban J connectivity index is 2.60. The van der Waals surface area contributed by atoms with Crippen molar-refractivity contribution >= 4 is 23.2 Å². The molecule has 0 saturated heterocycles. The third-order valence-electron chi connectivity index (χ3n) is 3.77. The van der Waals surface area contributed by atoms with Crippen molar-refractivity contribution in [3.8, 4) is 11.5 Å². The first-order valence-corrected chi connectivity index (χ1v) is 7.52. The third kappa shape index (κ3) is 3.10. The summed E-state index contributed by atoms with van der Waals surface area (Å²) < 4.78 is 10.6. The third-order valence-corrected chi connectivity index (χ3v) is 3.77. The van der Waals surface area contributed by atoms with Crippen molar-refractivity contribution in [2.45, 2.75) is 26.7 Å². The number of ether oxygens (including phenoxy) is 1. The summed E-state index contributed by atoms with van der Waals surface area (Å²) in [6.07, 6.45) is 0.785. The van der Waals surface area contributed by atoms with Gasteiger partial charge in [0.15, 0.2) is 28.8 Å². The van der Waals surface area contributed by atoms with Crippen LogP contribution in [0.4, 0.5) is 0 Å². The Labute approximate surface area is 138 Å². The number of aldehydes is 1. The van der Waals surface area contributed by atoms with Gasteiger partial charge in [-0.15, -0.1) is 0 Å². The number of carbonyl (C=O) groups is 2. The van der Waals surface area contributed by atoms with Crippen LogP contribution in [0, 0.1) is 6.92 Å². The summed E-state index contributed by atoms with van der Waals surface area (Å²) in [5.74, 6) is -0.217. The summed E-state index contributed by atoms with van der Waals surface area (Å²) >= 11 is 0. The zero-order chi connectivity index (χ0) is 17.9. The van der Waals surface area contributed by atoms with Crippen LogP contribution in [0.15, 0.2) is 15.3 Å². The Kier molecular flexibility index (Phi) is 5.23. The van der Waals surface area contributed by atoms with Crippen molar-refractivity contribution < 1.29 is 23.8 Å². The molecule has 1 aromatic carbocycles. The van der Waals surface area contributed by atoms with E-state index >= 15 is 0 Å². The normalized spacial score (nSPS) is 10.6. The number of carbonyl (C=O) groups excluding carboxylic acids is 2. The second-order valence-corrected chi connectivity index (χ2v) is 5.26. The SMILES string of the molecule is CCNC(=O)CCc1c(C)oc2c(C=O)c(O)c(OC)cc2c1=O. The number of rotatable bonds is 6. The first kappa shape index (κ1) is 17.5. The standard InChI is InChI=1S/C17H19NO6/c1-4-18-14(20)6-5-10-9(2)24-17-11(15(10)21)7-13(23-3)16(22)12(17)8-19/h7-8,22H,4-6H2,1-3H3,(H,18,20). The summed E-state index contributed by atoms with van der Waals surface area (Å²) in [6, 6.07) is 1.33. The highest BCUT2D eigenvalue weighted by Crippen LogP contribution is 2.35. The largest absolute Gasteiger partial charge is 0.504 e. The van der Waals surface area contributed by atoms with E-state index in [4.69, 9.17) is 9.15 Å². The van der Waals surface area contributed by atoms with Crippen LogP contribution in [0.1, 0.15) is 35.0 Å². The molecule has 128 valence electrons. The van der Waals surface area contributed by atoms with Crippen LogP contribution in [0.3, 0.4) is 0 Å². The van der Waals surface area contributed by atoms with Crippen LogP contribution in [-0.2, 0) is 11.2 Å². The minimum Gasteiger partial charge on any atom is -0.504 e. The number of aryl methyl sites for hydroxylation is 1. The number of benzene rings is 1. The van der Waals surface area contributed by atoms with Crippen LogP contribution in [0.5, 0.6) is 11.5 Å². The van der Waals surface area contributed by atoms with Gasteiger partial charge in [-0.25, -0.2) is 0 Å². The van der Waals surface area contributed by atoms with Gasteiger partial charge in [0.05, 0.1) is 12.5 Å². The van der Waals surface area contributed by atoms with Crippen LogP contribution >= 0.6 is 0 Å². The van der Waals surface area contributed by atoms with Crippen molar-refractivity contribution in [3.05, 3.63) is 33.2 Å². The number of phenols is 1. The molecule has 1 amide bonds. The zero-order valence-electron chi connectivity index (χ0n) is 13.8. The van der Waals surface area contributed by atoms with Crippen molar-refractivity contribution in [3.63, 3.8) is 0 Å². The Bertz CT molecular complexity index is 853. The molecular formula is C17H19NO6. The van der Waals surface area contributed by atoms with E-state index in [2.05, 4.69) is 5.32 Å². The lowest BCUT2D eigenvalue weighted by atomic mass is 10.0. The minimum absolute atomic E-state index is 0.00700. The van der Waals surface area contributed by atoms with Crippen LogP contribution in [-0.4, -0.2) is 31.0 Å². The highest BCUT2D eigenvalue weighted by atomic mass is 16.5. The van der Waals surface area contributed by atoms with Crippen molar-refractivity contribution in [1.82, 2.24) is 5.32 Å². The number of phenolic OH excluding ortho intramolecular Hbond substituents is 1. The Morgan fingerprint density at radius 2 is 2.17 bits per heavy atom. The highest BCUT2D eigenvalue weighted by Gasteiger charge is 2.20. The van der Waals surface area contributed by atoms with Crippen LogP contribution in [0.25, 0.3) is 11.0 Å². The fourth-order valence-corrected chi connectivity index (χ4v) is 2.54. The topological polar surface area (TPSA) is 106 Å². The average Bonchev–Trinajstić information content (AvgIpc) is 2.54. The lowest BCUT2D eigenvalue weighted by molar-refractivity contribution is -0.120. The van der Waals surface area contributed by atoms with E-state index in [9.17, 15) is 19.5 Å². The molecule has 2 rings (SSSR count). The molecule has 2 aromatic rings. The molecule has 7 nitrogen and oxygen atoms in total. The number of amides is 1. The molecule has 0 bridgehead atoms. The predicted octanol–water partition coefficient (Wildman–Crippen LogP) is 1.70. The molecule has 1 heterocycles. The first-order valence-electron chi connectivity index (χ1n) is 7.52. The fourth-order valence-electron chi connectivity index (χ4n) is 2.54. The van der Waals surface area contributed by atoms with Gasteiger partial charge in [0, 0.05) is 18.5 Å². The van der Waals surface area contributed by atoms with Crippen molar-refractivity contribution in [1.29, 1.82) is 0 Å². The Morgan fingerprint density at radius 1 is 1.46 bits per heavy atom. The van der Waals surface area contributed by atoms with E-state index in [0.29, 0.717) is 24.2 Å². The van der Waals surface area contributed by atoms with E-state index in [1.54, 1.807) is 6.92 Å². The molecule has 2 N–H and O–H groups in total. The Morgan fingerprint density at radius 3 is 2.75 bits per heavy atom. The van der Waals surface area contributed by atoms with Gasteiger partial charge in [-0.2, -0.15) is 0 Å². The number of hydrogen-bond donors (Lipinski definition) is 2. The van der Waals surface area contributed by atoms with Gasteiger partial charge in [0.25, 0.3) is 0 Å². The zero-order valence-corrected chi connectivity index (χ0v) is 13.8. The number of methoxy groups -OCH3 is 1. The van der Waals surface area contributed by atoms with Crippen molar-refractivity contribution in [2.75, 3.05) is 13.7 Å². The second kappa shape index (κ2) is 7.16.